The van der Waals surface area contributed by atoms with Crippen LogP contribution in [-0.4, -0.2) is 37.1 Å². The molecule has 2 rings (SSSR count). The molecule has 1 atom stereocenters. The number of nitrogens with one attached hydrogen (secondary N) is 1. The summed E-state index contributed by atoms with van der Waals surface area (Å²) in [5, 5.41) is 2.79. The lowest BCUT2D eigenvalue weighted by Crippen LogP contribution is -2.39. The third-order valence-electron chi connectivity index (χ3n) is 3.84. The van der Waals surface area contributed by atoms with Gasteiger partial charge in [-0.3, -0.25) is 9.59 Å². The molecular formula is C15H20N2O4S. The van der Waals surface area contributed by atoms with Crippen LogP contribution in [0.3, 0.4) is 0 Å². The van der Waals surface area contributed by atoms with Gasteiger partial charge in [0.25, 0.3) is 15.9 Å². The lowest BCUT2D eigenvalue weighted by atomic mass is 10.1. The first-order chi connectivity index (χ1) is 10.2. The summed E-state index contributed by atoms with van der Waals surface area (Å²) in [7, 11) is -3.83. The zero-order valence-electron chi connectivity index (χ0n) is 12.9. The van der Waals surface area contributed by atoms with Crippen LogP contribution in [0.25, 0.3) is 0 Å². The highest BCUT2D eigenvalue weighted by Gasteiger charge is 2.40. The summed E-state index contributed by atoms with van der Waals surface area (Å²) >= 11 is 0. The van der Waals surface area contributed by atoms with Crippen LogP contribution in [0.15, 0.2) is 29.2 Å². The molecule has 7 heteroatoms. The fraction of sp³-hybridized carbons (Fsp3) is 0.467. The first-order valence-corrected chi connectivity index (χ1v) is 8.64. The van der Waals surface area contributed by atoms with Crippen molar-refractivity contribution in [1.82, 2.24) is 9.62 Å². The lowest BCUT2D eigenvalue weighted by Gasteiger charge is -2.19. The summed E-state index contributed by atoms with van der Waals surface area (Å²) in [6.45, 7) is 5.70. The quantitative estimate of drug-likeness (QED) is 0.887. The summed E-state index contributed by atoms with van der Waals surface area (Å²) in [6.07, 6.45) is -0.0456. The molecule has 0 aliphatic carbocycles. The fourth-order valence-electron chi connectivity index (χ4n) is 2.15. The first kappa shape index (κ1) is 16.5. The molecule has 0 fully saturated rings. The Morgan fingerprint density at radius 2 is 1.86 bits per heavy atom. The van der Waals surface area contributed by atoms with Gasteiger partial charge < -0.3 is 5.32 Å². The number of rotatable bonds is 5. The van der Waals surface area contributed by atoms with E-state index in [0.29, 0.717) is 0 Å². The van der Waals surface area contributed by atoms with E-state index in [2.05, 4.69) is 5.32 Å². The fourth-order valence-corrected chi connectivity index (χ4v) is 3.72. The maximum Gasteiger partial charge on any atom is 0.269 e. The summed E-state index contributed by atoms with van der Waals surface area (Å²) in [5.41, 5.74) is 0.165. The molecule has 120 valence electrons. The number of amides is 2. The molecule has 1 aliphatic rings. The van der Waals surface area contributed by atoms with Gasteiger partial charge in [0.2, 0.25) is 5.91 Å². The smallest absolute Gasteiger partial charge is 0.269 e. The number of nitrogens with zero attached hydrogens (tertiary/aromatic N) is 1. The first-order valence-electron chi connectivity index (χ1n) is 7.20. The van der Waals surface area contributed by atoms with Gasteiger partial charge in [-0.2, -0.15) is 0 Å². The Morgan fingerprint density at radius 1 is 1.23 bits per heavy atom. The minimum atomic E-state index is -3.83. The van der Waals surface area contributed by atoms with E-state index in [1.165, 1.54) is 12.1 Å². The highest BCUT2D eigenvalue weighted by Crippen LogP contribution is 2.29. The predicted octanol–water partition coefficient (Wildman–Crippen LogP) is 1.38. The van der Waals surface area contributed by atoms with Crippen molar-refractivity contribution in [2.24, 2.45) is 5.92 Å². The molecular weight excluding hydrogens is 304 g/mol. The summed E-state index contributed by atoms with van der Waals surface area (Å²) in [4.78, 5) is 24.0. The molecule has 6 nitrogen and oxygen atoms in total. The second-order valence-electron chi connectivity index (χ2n) is 5.73. The molecule has 0 saturated heterocycles. The van der Waals surface area contributed by atoms with Crippen molar-refractivity contribution in [3.63, 3.8) is 0 Å². The minimum absolute atomic E-state index is 0.00409. The SMILES string of the molecule is CC(C)[C@H](C)NC(=O)CCN1C(=O)c2ccccc2S1(=O)=O. The Hall–Kier alpha value is -1.89. The zero-order chi connectivity index (χ0) is 16.5. The van der Waals surface area contributed by atoms with Crippen LogP contribution in [0, 0.1) is 5.92 Å². The van der Waals surface area contributed by atoms with Crippen LogP contribution in [0.1, 0.15) is 37.6 Å². The van der Waals surface area contributed by atoms with Crippen LogP contribution >= 0.6 is 0 Å². The number of hydrogen-bond acceptors (Lipinski definition) is 4. The van der Waals surface area contributed by atoms with Gasteiger partial charge in [-0.1, -0.05) is 26.0 Å². The molecule has 0 radical (unpaired) electrons. The minimum Gasteiger partial charge on any atom is -0.353 e. The standard InChI is InChI=1S/C15H20N2O4S/c1-10(2)11(3)16-14(18)8-9-17-15(19)12-6-4-5-7-13(12)22(17,20)21/h4-7,10-11H,8-9H2,1-3H3,(H,16,18)/t11-/m0/s1. The van der Waals surface area contributed by atoms with E-state index in [1.807, 2.05) is 20.8 Å². The van der Waals surface area contributed by atoms with Crippen molar-refractivity contribution in [3.8, 4) is 0 Å². The Bertz CT molecular complexity index is 697. The van der Waals surface area contributed by atoms with Crippen molar-refractivity contribution < 1.29 is 18.0 Å². The molecule has 0 bridgehead atoms. The van der Waals surface area contributed by atoms with E-state index in [0.717, 1.165) is 4.31 Å². The molecule has 22 heavy (non-hydrogen) atoms. The van der Waals surface area contributed by atoms with Crippen molar-refractivity contribution in [2.75, 3.05) is 6.54 Å². The van der Waals surface area contributed by atoms with E-state index in [-0.39, 0.29) is 41.3 Å². The van der Waals surface area contributed by atoms with Crippen LogP contribution in [0.2, 0.25) is 0 Å². The molecule has 1 aliphatic heterocycles. The maximum atomic E-state index is 12.3. The van der Waals surface area contributed by atoms with E-state index >= 15 is 0 Å². The Balaban J connectivity index is 2.06. The van der Waals surface area contributed by atoms with Gasteiger partial charge in [-0.25, -0.2) is 12.7 Å². The average molecular weight is 324 g/mol. The molecule has 1 N–H and O–H groups in total. The van der Waals surface area contributed by atoms with Gasteiger partial charge in [-0.05, 0) is 25.0 Å². The van der Waals surface area contributed by atoms with Gasteiger partial charge >= 0.3 is 0 Å². The Kier molecular flexibility index (Phi) is 4.55. The van der Waals surface area contributed by atoms with Crippen LogP contribution in [0.5, 0.6) is 0 Å². The summed E-state index contributed by atoms with van der Waals surface area (Å²) < 4.78 is 25.4. The summed E-state index contributed by atoms with van der Waals surface area (Å²) in [5.74, 6) is -0.550. The molecule has 1 heterocycles. The Morgan fingerprint density at radius 3 is 2.45 bits per heavy atom. The van der Waals surface area contributed by atoms with E-state index in [9.17, 15) is 18.0 Å². The molecule has 0 unspecified atom stereocenters. The molecule has 0 spiro atoms. The van der Waals surface area contributed by atoms with Gasteiger partial charge in [-0.15, -0.1) is 0 Å². The van der Waals surface area contributed by atoms with E-state index < -0.39 is 15.9 Å². The largest absolute Gasteiger partial charge is 0.353 e. The van der Waals surface area contributed by atoms with Gasteiger partial charge in [0, 0.05) is 19.0 Å². The number of fused-ring (bicyclic) bond motifs is 1. The van der Waals surface area contributed by atoms with Crippen molar-refractivity contribution in [2.45, 2.75) is 38.1 Å². The number of hydrogen-bond donors (Lipinski definition) is 1. The normalized spacial score (nSPS) is 17.5. The second-order valence-corrected chi connectivity index (χ2v) is 7.56. The number of carbonyl (C=O) groups is 2. The second kappa shape index (κ2) is 6.08. The number of carbonyl (C=O) groups excluding carboxylic acids is 2. The topological polar surface area (TPSA) is 83.6 Å². The third-order valence-corrected chi connectivity index (χ3v) is 5.68. The van der Waals surface area contributed by atoms with Crippen LogP contribution in [0.4, 0.5) is 0 Å². The van der Waals surface area contributed by atoms with Crippen molar-refractivity contribution in [1.29, 1.82) is 0 Å². The maximum absolute atomic E-state index is 12.3. The number of benzene rings is 1. The molecule has 1 aromatic rings. The van der Waals surface area contributed by atoms with Crippen LogP contribution in [-0.2, 0) is 14.8 Å². The highest BCUT2D eigenvalue weighted by molar-refractivity contribution is 7.90. The zero-order valence-corrected chi connectivity index (χ0v) is 13.7. The monoisotopic (exact) mass is 324 g/mol. The van der Waals surface area contributed by atoms with Crippen molar-refractivity contribution >= 4 is 21.8 Å². The summed E-state index contributed by atoms with van der Waals surface area (Å²) in [6, 6.07) is 6.08. The van der Waals surface area contributed by atoms with Crippen molar-refractivity contribution in [3.05, 3.63) is 29.8 Å². The molecule has 2 amide bonds. The third kappa shape index (κ3) is 2.99. The Labute approximate surface area is 130 Å². The average Bonchev–Trinajstić information content (AvgIpc) is 2.65. The van der Waals surface area contributed by atoms with Gasteiger partial charge in [0.15, 0.2) is 0 Å². The van der Waals surface area contributed by atoms with E-state index in [4.69, 9.17) is 0 Å². The van der Waals surface area contributed by atoms with Crippen LogP contribution < -0.4 is 5.32 Å². The number of sulfonamides is 1. The molecule has 1 aromatic carbocycles. The lowest BCUT2D eigenvalue weighted by molar-refractivity contribution is -0.122. The molecule has 0 aromatic heterocycles. The van der Waals surface area contributed by atoms with Gasteiger partial charge in [0.1, 0.15) is 4.90 Å². The molecule has 0 saturated carbocycles. The highest BCUT2D eigenvalue weighted by atomic mass is 32.2. The van der Waals surface area contributed by atoms with Gasteiger partial charge in [0.05, 0.1) is 5.56 Å². The van der Waals surface area contributed by atoms with E-state index in [1.54, 1.807) is 12.1 Å². The predicted molar refractivity (Wildman–Crippen MR) is 81.7 cm³/mol.